The molecular formula is C47H51N3O7S2. The zero-order valence-electron chi connectivity index (χ0n) is 34.0. The molecule has 0 radical (unpaired) electrons. The van der Waals surface area contributed by atoms with Crippen LogP contribution in [0.3, 0.4) is 0 Å². The Labute approximate surface area is 349 Å². The lowest BCUT2D eigenvalue weighted by Crippen LogP contribution is -2.22. The number of rotatable bonds is 19. The molecule has 6 rings (SSSR count). The number of hydrogen-bond donors (Lipinski definition) is 1. The van der Waals surface area contributed by atoms with E-state index in [0.717, 1.165) is 56.3 Å². The second-order valence-corrected chi connectivity index (χ2v) is 17.3. The van der Waals surface area contributed by atoms with E-state index >= 15 is 0 Å². The first kappa shape index (κ1) is 42.9. The van der Waals surface area contributed by atoms with Crippen LogP contribution in [0.2, 0.25) is 0 Å². The quantitative estimate of drug-likeness (QED) is 0.0625. The lowest BCUT2D eigenvalue weighted by atomic mass is 9.85. The Morgan fingerprint density at radius 3 is 1.29 bits per heavy atom. The van der Waals surface area contributed by atoms with Crippen molar-refractivity contribution >= 4 is 43.0 Å². The topological polar surface area (TPSA) is 114 Å². The third-order valence-corrected chi connectivity index (χ3v) is 12.7. The summed E-state index contributed by atoms with van der Waals surface area (Å²) in [5.41, 5.74) is 9.02. The molecule has 59 heavy (non-hydrogen) atoms. The average molecular weight is 834 g/mol. The summed E-state index contributed by atoms with van der Waals surface area (Å²) in [6.45, 7) is 9.22. The highest BCUT2D eigenvalue weighted by molar-refractivity contribution is 7.87. The SMILES string of the molecule is CCOc1ccc(Nc2ccc(C(c3ccc(N(CC)Cc4cccc(S(=O)(=O)OC)c4)cc3)c3ccc(N(CC)Cc4cccc(S(=O)(=O)OC)c4)cc3)cc2)cc1. The van der Waals surface area contributed by atoms with Crippen molar-refractivity contribution in [2.45, 2.75) is 49.6 Å². The maximum absolute atomic E-state index is 12.4. The molecule has 0 aliphatic rings. The molecule has 0 atom stereocenters. The largest absolute Gasteiger partial charge is 0.494 e. The van der Waals surface area contributed by atoms with Crippen LogP contribution in [0.4, 0.5) is 22.7 Å². The van der Waals surface area contributed by atoms with E-state index in [4.69, 9.17) is 13.1 Å². The van der Waals surface area contributed by atoms with Gasteiger partial charge in [-0.3, -0.25) is 8.37 Å². The van der Waals surface area contributed by atoms with Crippen LogP contribution in [0, 0.1) is 0 Å². The van der Waals surface area contributed by atoms with Crippen molar-refractivity contribution in [1.29, 1.82) is 0 Å². The number of nitrogens with one attached hydrogen (secondary N) is 1. The molecular weight excluding hydrogens is 783 g/mol. The van der Waals surface area contributed by atoms with Crippen molar-refractivity contribution in [2.75, 3.05) is 49.0 Å². The molecule has 6 aromatic rings. The second-order valence-electron chi connectivity index (χ2n) is 13.9. The van der Waals surface area contributed by atoms with Crippen molar-refractivity contribution in [3.8, 4) is 5.75 Å². The van der Waals surface area contributed by atoms with Gasteiger partial charge in [0.1, 0.15) is 5.75 Å². The zero-order chi connectivity index (χ0) is 42.0. The number of hydrogen-bond acceptors (Lipinski definition) is 10. The summed E-state index contributed by atoms with van der Waals surface area (Å²) in [6, 6.07) is 47.2. The van der Waals surface area contributed by atoms with E-state index in [2.05, 4.69) is 102 Å². The molecule has 12 heteroatoms. The van der Waals surface area contributed by atoms with Gasteiger partial charge in [-0.25, -0.2) is 0 Å². The predicted molar refractivity (Wildman–Crippen MR) is 236 cm³/mol. The Balaban J connectivity index is 1.29. The van der Waals surface area contributed by atoms with E-state index in [9.17, 15) is 16.8 Å². The van der Waals surface area contributed by atoms with Gasteiger partial charge >= 0.3 is 0 Å². The summed E-state index contributed by atoms with van der Waals surface area (Å²) < 4.78 is 64.6. The van der Waals surface area contributed by atoms with Crippen LogP contribution in [0.25, 0.3) is 0 Å². The lowest BCUT2D eigenvalue weighted by Gasteiger charge is -2.26. The minimum Gasteiger partial charge on any atom is -0.494 e. The van der Waals surface area contributed by atoms with E-state index in [1.54, 1.807) is 36.4 Å². The van der Waals surface area contributed by atoms with Crippen LogP contribution in [0.5, 0.6) is 5.75 Å². The molecule has 0 aliphatic heterocycles. The molecule has 6 aromatic carbocycles. The molecule has 0 unspecified atom stereocenters. The van der Waals surface area contributed by atoms with Crippen LogP contribution < -0.4 is 19.9 Å². The highest BCUT2D eigenvalue weighted by atomic mass is 32.2. The Morgan fingerprint density at radius 2 is 0.915 bits per heavy atom. The fourth-order valence-electron chi connectivity index (χ4n) is 7.06. The first-order chi connectivity index (χ1) is 28.5. The summed E-state index contributed by atoms with van der Waals surface area (Å²) in [6.07, 6.45) is 0. The molecule has 0 heterocycles. The lowest BCUT2D eigenvalue weighted by molar-refractivity contribution is 0.340. The highest BCUT2D eigenvalue weighted by Crippen LogP contribution is 2.36. The van der Waals surface area contributed by atoms with Gasteiger partial charge in [0.2, 0.25) is 0 Å². The first-order valence-corrected chi connectivity index (χ1v) is 22.4. The average Bonchev–Trinajstić information content (AvgIpc) is 3.27. The Hall–Kier alpha value is -5.66. The van der Waals surface area contributed by atoms with Gasteiger partial charge in [0.15, 0.2) is 0 Å². The Morgan fingerprint density at radius 1 is 0.525 bits per heavy atom. The Kier molecular flexibility index (Phi) is 14.1. The smallest absolute Gasteiger partial charge is 0.296 e. The molecule has 0 spiro atoms. The predicted octanol–water partition coefficient (Wildman–Crippen LogP) is 9.73. The third-order valence-electron chi connectivity index (χ3n) is 10.2. The van der Waals surface area contributed by atoms with E-state index in [1.807, 2.05) is 43.3 Å². The fourth-order valence-corrected chi connectivity index (χ4v) is 8.53. The van der Waals surface area contributed by atoms with Gasteiger partial charge in [0.25, 0.3) is 20.2 Å². The number of nitrogens with zero attached hydrogens (tertiary/aromatic N) is 2. The van der Waals surface area contributed by atoms with Crippen molar-refractivity contribution in [3.63, 3.8) is 0 Å². The van der Waals surface area contributed by atoms with Gasteiger partial charge in [-0.15, -0.1) is 0 Å². The maximum Gasteiger partial charge on any atom is 0.296 e. The van der Waals surface area contributed by atoms with Gasteiger partial charge in [-0.2, -0.15) is 16.8 Å². The summed E-state index contributed by atoms with van der Waals surface area (Å²) in [5.74, 6) is 0.741. The van der Waals surface area contributed by atoms with E-state index in [-0.39, 0.29) is 15.7 Å². The number of anilines is 4. The summed E-state index contributed by atoms with van der Waals surface area (Å²) in [5, 5.41) is 3.49. The molecule has 0 saturated heterocycles. The standard InChI is InChI=1S/C47H51N3O7S2/c1-6-49(33-35-11-9-13-45(31-35)58(51,52)55-4)42-25-17-38(18-26-42)47(37-15-21-40(22-16-37)48-41-23-29-44(30-24-41)57-8-3)39-19-27-43(28-20-39)50(7-2)34-36-12-10-14-46(32-36)59(53,54)56-5/h9-32,47-48H,6-8,33-34H2,1-5H3. The molecule has 1 N–H and O–H groups in total. The zero-order valence-corrected chi connectivity index (χ0v) is 35.7. The third kappa shape index (κ3) is 10.7. The van der Waals surface area contributed by atoms with Gasteiger partial charge in [0.05, 0.1) is 30.6 Å². The molecule has 0 aromatic heterocycles. The van der Waals surface area contributed by atoms with Crippen molar-refractivity contribution in [1.82, 2.24) is 0 Å². The van der Waals surface area contributed by atoms with Crippen LogP contribution >= 0.6 is 0 Å². The summed E-state index contributed by atoms with van der Waals surface area (Å²) in [4.78, 5) is 4.67. The fraction of sp³-hybridized carbons (Fsp3) is 0.234. The summed E-state index contributed by atoms with van der Waals surface area (Å²) in [7, 11) is -5.27. The van der Waals surface area contributed by atoms with E-state index in [0.29, 0.717) is 32.8 Å². The van der Waals surface area contributed by atoms with Gasteiger partial charge in [-0.1, -0.05) is 60.7 Å². The monoisotopic (exact) mass is 833 g/mol. The van der Waals surface area contributed by atoms with E-state index in [1.165, 1.54) is 14.2 Å². The molecule has 0 bridgehead atoms. The molecule has 0 fully saturated rings. The normalized spacial score (nSPS) is 11.7. The van der Waals surface area contributed by atoms with Gasteiger partial charge < -0.3 is 19.9 Å². The molecule has 10 nitrogen and oxygen atoms in total. The van der Waals surface area contributed by atoms with Crippen LogP contribution in [0.1, 0.15) is 54.5 Å². The van der Waals surface area contributed by atoms with Crippen molar-refractivity contribution in [3.05, 3.63) is 173 Å². The maximum atomic E-state index is 12.4. The molecule has 0 saturated carbocycles. The number of ether oxygens (including phenoxy) is 1. The van der Waals surface area contributed by atoms with Crippen molar-refractivity contribution in [2.24, 2.45) is 0 Å². The molecule has 308 valence electrons. The number of benzene rings is 6. The van der Waals surface area contributed by atoms with Crippen LogP contribution in [-0.4, -0.2) is 50.8 Å². The van der Waals surface area contributed by atoms with Crippen LogP contribution in [0.15, 0.2) is 155 Å². The second kappa shape index (κ2) is 19.4. The van der Waals surface area contributed by atoms with Gasteiger partial charge in [-0.05, 0) is 134 Å². The summed E-state index contributed by atoms with van der Waals surface area (Å²) >= 11 is 0. The first-order valence-electron chi connectivity index (χ1n) is 19.6. The van der Waals surface area contributed by atoms with E-state index < -0.39 is 20.2 Å². The minimum atomic E-state index is -3.80. The van der Waals surface area contributed by atoms with Crippen LogP contribution in [-0.2, 0) is 41.7 Å². The van der Waals surface area contributed by atoms with Gasteiger partial charge in [0, 0.05) is 54.8 Å². The Bertz CT molecular complexity index is 2380. The molecule has 0 aliphatic carbocycles. The molecule has 0 amide bonds. The highest BCUT2D eigenvalue weighted by Gasteiger charge is 2.20. The van der Waals surface area contributed by atoms with Crippen molar-refractivity contribution < 1.29 is 29.9 Å². The minimum absolute atomic E-state index is 0.0883.